The van der Waals surface area contributed by atoms with Gasteiger partial charge in [-0.3, -0.25) is 4.79 Å². The Hall–Kier alpha value is -1.29. The number of fused-ring (bicyclic) bond motifs is 2. The molecule has 0 bridgehead atoms. The number of hydrogen-bond acceptors (Lipinski definition) is 14. The van der Waals surface area contributed by atoms with Crippen molar-refractivity contribution in [2.75, 3.05) is 43.7 Å². The molecule has 3 N–H and O–H groups in total. The van der Waals surface area contributed by atoms with E-state index in [1.807, 2.05) is 48.5 Å². The number of hydrogen-bond donors (Lipinski definition) is 3. The summed E-state index contributed by atoms with van der Waals surface area (Å²) >= 11 is 9.54. The second kappa shape index (κ2) is 25.7. The molecule has 4 aromatic heterocycles. The van der Waals surface area contributed by atoms with Crippen LogP contribution in [-0.2, 0) is 37.5 Å². The first-order chi connectivity index (χ1) is 28.3. The third-order valence-corrected chi connectivity index (χ3v) is 10.3. The molecule has 2 aromatic carbocycles. The van der Waals surface area contributed by atoms with E-state index in [1.165, 1.54) is 25.2 Å². The molecule has 1 aliphatic heterocycles. The van der Waals surface area contributed by atoms with E-state index in [0.29, 0.717) is 80.1 Å². The standard InChI is InChI=1S/C21H25N3O5S.C16H17N3O4S.I3.I2/c1-30(25,26)11-9-22-13-16-6-8-19(28-16)15-5-7-18-17(12-15)21(24-14-23-18)29-20-4-2-3-10-27-20;1-24(21,22)7-6-17-9-12-3-5-15(23-12)11-2-4-14-13(8-11)16(20)19-10-18-14;1-3-2;1-2/h5-8,12,14,20,22H,2-4,9-11,13H2,1H3;2-5,8,10,17H,6-7,9H2,1H3,(H,18,19,20);;/q;;-1;. The predicted octanol–water partition coefficient (Wildman–Crippen LogP) is 4.79. The number of benzene rings is 2. The van der Waals surface area contributed by atoms with Crippen molar-refractivity contribution in [3.63, 3.8) is 0 Å². The number of rotatable bonds is 14. The summed E-state index contributed by atoms with van der Waals surface area (Å²) in [5, 5.41) is 7.40. The summed E-state index contributed by atoms with van der Waals surface area (Å²) in [5.41, 5.74) is 2.87. The molecule has 322 valence electrons. The molecular weight excluding hydrogens is 1370 g/mol. The van der Waals surface area contributed by atoms with E-state index in [2.05, 4.69) is 105 Å². The van der Waals surface area contributed by atoms with Gasteiger partial charge in [0.25, 0.3) is 5.56 Å². The van der Waals surface area contributed by atoms with E-state index in [4.69, 9.17) is 18.3 Å². The van der Waals surface area contributed by atoms with Gasteiger partial charge in [-0.15, -0.1) is 0 Å². The number of nitrogens with zero attached hydrogens (tertiary/aromatic N) is 3. The van der Waals surface area contributed by atoms with Crippen LogP contribution >= 0.6 is 74.5 Å². The molecule has 0 saturated carbocycles. The average Bonchev–Trinajstić information content (AvgIpc) is 3.90. The van der Waals surface area contributed by atoms with Gasteiger partial charge < -0.3 is 33.9 Å². The number of ether oxygens (including phenoxy) is 2. The maximum absolute atomic E-state index is 11.8. The molecule has 7 rings (SSSR count). The Labute approximate surface area is 395 Å². The molecule has 1 aliphatic rings. The summed E-state index contributed by atoms with van der Waals surface area (Å²) in [6, 6.07) is 18.6. The van der Waals surface area contributed by atoms with Crippen molar-refractivity contribution in [3.05, 3.63) is 95.2 Å². The molecule has 0 amide bonds. The SMILES string of the molecule is CS(=O)(=O)CCNCc1ccc(-c2ccc3nc[nH]c(=O)c3c2)o1.CS(=O)(=O)CCNCc1ccc(-c2ccc3ncnc(OC4CCCCO4)c3c2)o1.II.I[I-]I. The zero-order valence-electron chi connectivity index (χ0n) is 31.8. The van der Waals surface area contributed by atoms with Crippen molar-refractivity contribution in [2.24, 2.45) is 0 Å². The van der Waals surface area contributed by atoms with Crippen LogP contribution in [0.4, 0.5) is 0 Å². The second-order valence-electron chi connectivity index (χ2n) is 13.0. The van der Waals surface area contributed by atoms with Crippen LogP contribution in [0.1, 0.15) is 30.8 Å². The first-order valence-corrected chi connectivity index (χ1v) is 40.8. The Morgan fingerprint density at radius 2 is 1.32 bits per heavy atom. The summed E-state index contributed by atoms with van der Waals surface area (Å²) in [4.78, 5) is 27.1. The molecule has 15 nitrogen and oxygen atoms in total. The van der Waals surface area contributed by atoms with Crippen LogP contribution in [0.15, 0.2) is 86.9 Å². The van der Waals surface area contributed by atoms with Crippen LogP contribution in [0.5, 0.6) is 5.88 Å². The minimum atomic E-state index is -2.98. The molecule has 6 aromatic rings. The third kappa shape index (κ3) is 17.4. The van der Waals surface area contributed by atoms with Gasteiger partial charge in [0, 0.05) is 80.4 Å². The van der Waals surface area contributed by atoms with Gasteiger partial charge in [-0.05, 0) is 73.5 Å². The summed E-state index contributed by atoms with van der Waals surface area (Å²) in [7, 11) is -5.95. The molecular formula is C37H42I5N6O9S2-. The Morgan fingerprint density at radius 3 is 1.85 bits per heavy atom. The van der Waals surface area contributed by atoms with Crippen LogP contribution in [0.2, 0.25) is 0 Å². The van der Waals surface area contributed by atoms with Crippen molar-refractivity contribution in [1.29, 1.82) is 0 Å². The van der Waals surface area contributed by atoms with Crippen LogP contribution in [0.25, 0.3) is 44.5 Å². The van der Waals surface area contributed by atoms with Gasteiger partial charge in [0.15, 0.2) is 0 Å². The monoisotopic (exact) mass is 1410 g/mol. The average molecular weight is 1410 g/mol. The molecule has 5 heterocycles. The fourth-order valence-corrected chi connectivity index (χ4v) is 6.66. The van der Waals surface area contributed by atoms with Gasteiger partial charge in [-0.25, -0.2) is 31.8 Å². The van der Waals surface area contributed by atoms with E-state index in [1.54, 1.807) is 12.1 Å². The Bertz CT molecular complexity index is 2520. The van der Waals surface area contributed by atoms with Crippen molar-refractivity contribution >= 4 is 116 Å². The Balaban J connectivity index is 0.000000240. The molecule has 22 heteroatoms. The Kier molecular flexibility index (Phi) is 22.0. The fourth-order valence-electron chi connectivity index (χ4n) is 5.63. The first-order valence-electron chi connectivity index (χ1n) is 17.8. The van der Waals surface area contributed by atoms with E-state index in [-0.39, 0.29) is 23.4 Å². The van der Waals surface area contributed by atoms with Gasteiger partial charge in [0.05, 0.1) is 59.3 Å². The molecule has 1 unspecified atom stereocenters. The van der Waals surface area contributed by atoms with E-state index in [9.17, 15) is 21.6 Å². The van der Waals surface area contributed by atoms with Gasteiger partial charge in [-0.2, -0.15) is 0 Å². The Morgan fingerprint density at radius 1 is 0.780 bits per heavy atom. The summed E-state index contributed by atoms with van der Waals surface area (Å²) in [5.74, 6) is 3.46. The van der Waals surface area contributed by atoms with E-state index < -0.39 is 19.7 Å². The molecule has 1 saturated heterocycles. The van der Waals surface area contributed by atoms with Gasteiger partial charge in [0.1, 0.15) is 49.0 Å². The molecule has 0 radical (unpaired) electrons. The molecule has 1 fully saturated rings. The zero-order valence-corrected chi connectivity index (χ0v) is 44.2. The van der Waals surface area contributed by atoms with Gasteiger partial charge >= 0.3 is 50.5 Å². The maximum atomic E-state index is 11.8. The molecule has 1 atom stereocenters. The van der Waals surface area contributed by atoms with Crippen LogP contribution in [0.3, 0.4) is 0 Å². The van der Waals surface area contributed by atoms with Crippen molar-refractivity contribution in [3.8, 4) is 28.5 Å². The van der Waals surface area contributed by atoms with E-state index in [0.717, 1.165) is 47.1 Å². The zero-order chi connectivity index (χ0) is 42.8. The summed E-state index contributed by atoms with van der Waals surface area (Å²) < 4.78 is 67.9. The number of halogens is 5. The molecule has 59 heavy (non-hydrogen) atoms. The van der Waals surface area contributed by atoms with Crippen molar-refractivity contribution < 1.29 is 48.4 Å². The quantitative estimate of drug-likeness (QED) is 0.0991. The number of aromatic nitrogens is 4. The molecule has 0 spiro atoms. The van der Waals surface area contributed by atoms with Crippen molar-refractivity contribution in [2.45, 2.75) is 38.6 Å². The first kappa shape index (κ1) is 50.4. The topological polar surface area (TPSA) is 209 Å². The number of H-pyrrole nitrogens is 1. The summed E-state index contributed by atoms with van der Waals surface area (Å²) in [6.45, 7) is 2.34. The van der Waals surface area contributed by atoms with Crippen LogP contribution in [-0.4, -0.2) is 86.8 Å². The van der Waals surface area contributed by atoms with E-state index >= 15 is 0 Å². The number of furan rings is 2. The fraction of sp³-hybridized carbons (Fsp3) is 0.351. The van der Waals surface area contributed by atoms with Crippen LogP contribution in [0, 0.1) is 0 Å². The predicted molar refractivity (Wildman–Crippen MR) is 260 cm³/mol. The normalized spacial score (nSPS) is 14.1. The van der Waals surface area contributed by atoms with Gasteiger partial charge in [-0.1, -0.05) is 0 Å². The second-order valence-corrected chi connectivity index (χ2v) is 33.8. The number of aromatic amines is 1. The summed E-state index contributed by atoms with van der Waals surface area (Å²) in [6.07, 6.45) is 7.99. The molecule has 0 aliphatic carbocycles. The minimum absolute atomic E-state index is 0.0843. The van der Waals surface area contributed by atoms with Gasteiger partial charge in [0.2, 0.25) is 12.2 Å². The van der Waals surface area contributed by atoms with Crippen molar-refractivity contribution in [1.82, 2.24) is 30.6 Å². The number of sulfone groups is 2. The number of nitrogens with one attached hydrogen (secondary N) is 3. The van der Waals surface area contributed by atoms with Crippen LogP contribution < -0.4 is 34.2 Å². The third-order valence-electron chi connectivity index (χ3n) is 8.41.